The molecular formula is C19H14BrN3O3S. The van der Waals surface area contributed by atoms with Crippen molar-refractivity contribution in [2.45, 2.75) is 0 Å². The van der Waals surface area contributed by atoms with Gasteiger partial charge in [-0.15, -0.1) is 5.10 Å². The third kappa shape index (κ3) is 3.22. The number of hydrogen-bond acceptors (Lipinski definition) is 6. The predicted octanol–water partition coefficient (Wildman–Crippen LogP) is 3.15. The molecule has 4 aromatic rings. The van der Waals surface area contributed by atoms with Crippen molar-refractivity contribution in [3.05, 3.63) is 67.4 Å². The van der Waals surface area contributed by atoms with Gasteiger partial charge < -0.3 is 9.47 Å². The highest BCUT2D eigenvalue weighted by molar-refractivity contribution is 9.10. The summed E-state index contributed by atoms with van der Waals surface area (Å²) in [5.74, 6) is 1.76. The number of hydrogen-bond donors (Lipinski definition) is 0. The number of halogens is 1. The van der Waals surface area contributed by atoms with Crippen molar-refractivity contribution >= 4 is 38.3 Å². The van der Waals surface area contributed by atoms with Gasteiger partial charge in [0.25, 0.3) is 5.56 Å². The molecule has 2 aromatic carbocycles. The molecule has 0 bridgehead atoms. The summed E-state index contributed by atoms with van der Waals surface area (Å²) in [4.78, 5) is 17.8. The second kappa shape index (κ2) is 7.13. The highest BCUT2D eigenvalue weighted by Crippen LogP contribution is 2.28. The second-order valence-corrected chi connectivity index (χ2v) is 7.50. The van der Waals surface area contributed by atoms with Crippen LogP contribution in [0.1, 0.15) is 5.56 Å². The van der Waals surface area contributed by atoms with Crippen LogP contribution in [0.2, 0.25) is 0 Å². The Morgan fingerprint density at radius 3 is 2.59 bits per heavy atom. The minimum absolute atomic E-state index is 0.199. The topological polar surface area (TPSA) is 65.7 Å². The lowest BCUT2D eigenvalue weighted by Gasteiger charge is -2.07. The normalized spacial score (nSPS) is 11.9. The second-order valence-electron chi connectivity index (χ2n) is 5.64. The Hall–Kier alpha value is -2.71. The van der Waals surface area contributed by atoms with Gasteiger partial charge in [-0.3, -0.25) is 4.79 Å². The number of aromatic nitrogens is 3. The molecule has 0 spiro atoms. The van der Waals surface area contributed by atoms with Crippen LogP contribution >= 0.6 is 27.3 Å². The number of rotatable bonds is 4. The van der Waals surface area contributed by atoms with Crippen molar-refractivity contribution in [3.8, 4) is 22.9 Å². The van der Waals surface area contributed by atoms with E-state index in [2.05, 4.69) is 26.0 Å². The van der Waals surface area contributed by atoms with Gasteiger partial charge in [0.05, 0.1) is 18.8 Å². The summed E-state index contributed by atoms with van der Waals surface area (Å²) in [6, 6.07) is 13.1. The molecule has 27 heavy (non-hydrogen) atoms. The summed E-state index contributed by atoms with van der Waals surface area (Å²) in [5.41, 5.74) is 1.48. The molecule has 0 amide bonds. The summed E-state index contributed by atoms with van der Waals surface area (Å²) in [5, 5.41) is 4.38. The van der Waals surface area contributed by atoms with Crippen molar-refractivity contribution < 1.29 is 9.47 Å². The SMILES string of the molecule is COc1ccc(/C=c2\sc3nc(-c4ccccc4Br)nn3c2=O)cc1OC. The smallest absolute Gasteiger partial charge is 0.291 e. The van der Waals surface area contributed by atoms with Gasteiger partial charge in [-0.2, -0.15) is 9.50 Å². The lowest BCUT2D eigenvalue weighted by atomic mass is 10.2. The average Bonchev–Trinajstić information content (AvgIpc) is 3.21. The van der Waals surface area contributed by atoms with Gasteiger partial charge in [0, 0.05) is 10.0 Å². The Morgan fingerprint density at radius 2 is 1.89 bits per heavy atom. The first-order valence-electron chi connectivity index (χ1n) is 7.99. The van der Waals surface area contributed by atoms with E-state index in [4.69, 9.17) is 9.47 Å². The summed E-state index contributed by atoms with van der Waals surface area (Å²) in [6.07, 6.45) is 1.80. The van der Waals surface area contributed by atoms with E-state index in [1.54, 1.807) is 26.4 Å². The molecule has 136 valence electrons. The van der Waals surface area contributed by atoms with E-state index in [9.17, 15) is 4.79 Å². The van der Waals surface area contributed by atoms with Crippen molar-refractivity contribution in [2.75, 3.05) is 14.2 Å². The van der Waals surface area contributed by atoms with E-state index in [0.29, 0.717) is 26.8 Å². The minimum atomic E-state index is -0.199. The van der Waals surface area contributed by atoms with Crippen LogP contribution in [0.3, 0.4) is 0 Å². The molecular weight excluding hydrogens is 430 g/mol. The van der Waals surface area contributed by atoms with E-state index < -0.39 is 0 Å². The molecule has 2 aromatic heterocycles. The van der Waals surface area contributed by atoms with Crippen LogP contribution in [-0.4, -0.2) is 28.8 Å². The van der Waals surface area contributed by atoms with Crippen molar-refractivity contribution in [3.63, 3.8) is 0 Å². The first kappa shape index (κ1) is 17.7. The van der Waals surface area contributed by atoms with Crippen LogP contribution in [0.25, 0.3) is 22.4 Å². The molecule has 0 aliphatic heterocycles. The number of thiazole rings is 1. The number of nitrogens with zero attached hydrogens (tertiary/aromatic N) is 3. The Kier molecular flexibility index (Phi) is 4.67. The molecule has 4 rings (SSSR count). The van der Waals surface area contributed by atoms with Gasteiger partial charge >= 0.3 is 0 Å². The predicted molar refractivity (Wildman–Crippen MR) is 109 cm³/mol. The molecule has 0 aliphatic carbocycles. The van der Waals surface area contributed by atoms with E-state index >= 15 is 0 Å². The molecule has 0 fully saturated rings. The van der Waals surface area contributed by atoms with Gasteiger partial charge in [0.1, 0.15) is 0 Å². The molecule has 8 heteroatoms. The Morgan fingerprint density at radius 1 is 1.11 bits per heavy atom. The standard InChI is InChI=1S/C19H14BrN3O3S/c1-25-14-8-7-11(9-15(14)26-2)10-16-18(24)23-19(27-16)21-17(22-23)12-5-3-4-6-13(12)20/h3-10H,1-2H3/b16-10-. The molecule has 0 saturated heterocycles. The van der Waals surface area contributed by atoms with Crippen LogP contribution in [-0.2, 0) is 0 Å². The highest BCUT2D eigenvalue weighted by atomic mass is 79.9. The quantitative estimate of drug-likeness (QED) is 0.484. The fourth-order valence-corrected chi connectivity index (χ4v) is 4.05. The van der Waals surface area contributed by atoms with Crippen LogP contribution in [0.15, 0.2) is 51.7 Å². The first-order valence-corrected chi connectivity index (χ1v) is 9.60. The maximum atomic E-state index is 12.7. The fourth-order valence-electron chi connectivity index (χ4n) is 2.68. The summed E-state index contributed by atoms with van der Waals surface area (Å²) >= 11 is 4.79. The third-order valence-corrected chi connectivity index (χ3v) is 5.65. The molecule has 0 aliphatic rings. The summed E-state index contributed by atoms with van der Waals surface area (Å²) in [7, 11) is 3.16. The van der Waals surface area contributed by atoms with Crippen LogP contribution in [0, 0.1) is 0 Å². The van der Waals surface area contributed by atoms with Crippen LogP contribution < -0.4 is 19.6 Å². The van der Waals surface area contributed by atoms with Crippen molar-refractivity contribution in [1.82, 2.24) is 14.6 Å². The number of fused-ring (bicyclic) bond motifs is 1. The molecule has 0 radical (unpaired) electrons. The van der Waals surface area contributed by atoms with E-state index in [0.717, 1.165) is 15.6 Å². The minimum Gasteiger partial charge on any atom is -0.493 e. The van der Waals surface area contributed by atoms with Crippen molar-refractivity contribution in [1.29, 1.82) is 0 Å². The van der Waals surface area contributed by atoms with E-state index in [1.807, 2.05) is 36.4 Å². The van der Waals surface area contributed by atoms with Crippen molar-refractivity contribution in [2.24, 2.45) is 0 Å². The zero-order valence-electron chi connectivity index (χ0n) is 14.5. The van der Waals surface area contributed by atoms with Gasteiger partial charge in [-0.05, 0) is 35.9 Å². The lowest BCUT2D eigenvalue weighted by molar-refractivity contribution is 0.355. The number of ether oxygens (including phenoxy) is 2. The molecule has 2 heterocycles. The molecule has 6 nitrogen and oxygen atoms in total. The Bertz CT molecular complexity index is 1250. The number of benzene rings is 2. The van der Waals surface area contributed by atoms with E-state index in [-0.39, 0.29) is 5.56 Å². The van der Waals surface area contributed by atoms with Gasteiger partial charge in [-0.1, -0.05) is 45.5 Å². The Labute approximate surface area is 166 Å². The molecule has 0 atom stereocenters. The zero-order chi connectivity index (χ0) is 19.0. The average molecular weight is 444 g/mol. The first-order chi connectivity index (χ1) is 13.1. The maximum Gasteiger partial charge on any atom is 0.291 e. The largest absolute Gasteiger partial charge is 0.493 e. The molecule has 0 saturated carbocycles. The van der Waals surface area contributed by atoms with Crippen LogP contribution in [0.5, 0.6) is 11.5 Å². The van der Waals surface area contributed by atoms with Gasteiger partial charge in [0.15, 0.2) is 17.3 Å². The summed E-state index contributed by atoms with van der Waals surface area (Å²) < 4.78 is 13.3. The van der Waals surface area contributed by atoms with Gasteiger partial charge in [-0.25, -0.2) is 0 Å². The maximum absolute atomic E-state index is 12.7. The molecule has 0 N–H and O–H groups in total. The third-order valence-electron chi connectivity index (χ3n) is 4.00. The monoisotopic (exact) mass is 443 g/mol. The van der Waals surface area contributed by atoms with Gasteiger partial charge in [0.2, 0.25) is 4.96 Å². The number of methoxy groups -OCH3 is 2. The lowest BCUT2D eigenvalue weighted by Crippen LogP contribution is -2.23. The zero-order valence-corrected chi connectivity index (χ0v) is 16.9. The molecule has 0 unspecified atom stereocenters. The Balaban J connectivity index is 1.79. The van der Waals surface area contributed by atoms with Crippen LogP contribution in [0.4, 0.5) is 0 Å². The summed E-state index contributed by atoms with van der Waals surface area (Å²) in [6.45, 7) is 0. The fraction of sp³-hybridized carbons (Fsp3) is 0.105. The van der Waals surface area contributed by atoms with E-state index in [1.165, 1.54) is 15.9 Å². The highest BCUT2D eigenvalue weighted by Gasteiger charge is 2.14.